The molecular weight excluding hydrogens is 412 g/mol. The lowest BCUT2D eigenvalue weighted by Gasteiger charge is -2.16. The number of rotatable bonds is 7. The van der Waals surface area contributed by atoms with Gasteiger partial charge in [-0.25, -0.2) is 0 Å². The summed E-state index contributed by atoms with van der Waals surface area (Å²) in [5, 5.41) is 3.23. The van der Waals surface area contributed by atoms with Crippen molar-refractivity contribution in [2.75, 3.05) is 12.4 Å². The summed E-state index contributed by atoms with van der Waals surface area (Å²) in [4.78, 5) is 28.2. The highest BCUT2D eigenvalue weighted by atomic mass is 16.5. The smallest absolute Gasteiger partial charge is 0.278 e. The van der Waals surface area contributed by atoms with Crippen LogP contribution in [-0.4, -0.2) is 23.8 Å². The molecule has 168 valence electrons. The fourth-order valence-electron chi connectivity index (χ4n) is 3.83. The van der Waals surface area contributed by atoms with Crippen molar-refractivity contribution in [2.45, 2.75) is 33.2 Å². The first-order valence-electron chi connectivity index (χ1n) is 11.0. The van der Waals surface area contributed by atoms with Crippen molar-refractivity contribution < 1.29 is 14.3 Å². The van der Waals surface area contributed by atoms with Crippen LogP contribution in [0.4, 0.5) is 5.69 Å². The molecule has 1 aliphatic heterocycles. The van der Waals surface area contributed by atoms with Gasteiger partial charge < -0.3 is 10.1 Å². The van der Waals surface area contributed by atoms with Crippen molar-refractivity contribution in [2.24, 2.45) is 0 Å². The van der Waals surface area contributed by atoms with E-state index in [0.717, 1.165) is 28.1 Å². The van der Waals surface area contributed by atoms with E-state index in [4.69, 9.17) is 4.74 Å². The second-order valence-electron chi connectivity index (χ2n) is 8.56. The number of carbonyl (C=O) groups excluding carboxylic acids is 2. The first-order chi connectivity index (χ1) is 15.9. The third-order valence-corrected chi connectivity index (χ3v) is 5.85. The predicted octanol–water partition coefficient (Wildman–Crippen LogP) is 5.52. The molecule has 2 amide bonds. The molecule has 0 aliphatic carbocycles. The van der Waals surface area contributed by atoms with E-state index in [-0.39, 0.29) is 18.4 Å². The van der Waals surface area contributed by atoms with Gasteiger partial charge >= 0.3 is 0 Å². The summed E-state index contributed by atoms with van der Waals surface area (Å²) in [6.45, 7) is 6.45. The second-order valence-corrected chi connectivity index (χ2v) is 8.56. The minimum atomic E-state index is -0.334. The molecule has 3 aromatic carbocycles. The molecule has 0 saturated heterocycles. The van der Waals surface area contributed by atoms with Crippen LogP contribution in [0.15, 0.2) is 78.5 Å². The Morgan fingerprint density at radius 2 is 1.48 bits per heavy atom. The van der Waals surface area contributed by atoms with E-state index in [1.54, 1.807) is 7.11 Å². The predicted molar refractivity (Wildman–Crippen MR) is 131 cm³/mol. The Labute approximate surface area is 194 Å². The maximum Gasteiger partial charge on any atom is 0.278 e. The van der Waals surface area contributed by atoms with Gasteiger partial charge in [-0.2, -0.15) is 0 Å². The number of nitrogens with one attached hydrogen (secondary N) is 1. The van der Waals surface area contributed by atoms with Gasteiger partial charge in [-0.15, -0.1) is 0 Å². The van der Waals surface area contributed by atoms with Gasteiger partial charge in [0.1, 0.15) is 11.4 Å². The number of anilines is 1. The fraction of sp³-hybridized carbons (Fsp3) is 0.214. The Balaban J connectivity index is 1.68. The number of hydrogen-bond donors (Lipinski definition) is 1. The first kappa shape index (κ1) is 22.3. The fourth-order valence-corrected chi connectivity index (χ4v) is 3.83. The highest BCUT2D eigenvalue weighted by Gasteiger charge is 2.39. The maximum absolute atomic E-state index is 13.5. The highest BCUT2D eigenvalue weighted by molar-refractivity contribution is 6.36. The van der Waals surface area contributed by atoms with Crippen LogP contribution in [0.3, 0.4) is 0 Å². The maximum atomic E-state index is 13.5. The molecule has 0 saturated carbocycles. The number of benzene rings is 3. The summed E-state index contributed by atoms with van der Waals surface area (Å²) in [6.07, 6.45) is 0. The number of aryl methyl sites for hydroxylation is 1. The molecule has 0 radical (unpaired) electrons. The van der Waals surface area contributed by atoms with E-state index < -0.39 is 0 Å². The molecule has 1 heterocycles. The van der Waals surface area contributed by atoms with E-state index in [9.17, 15) is 9.59 Å². The van der Waals surface area contributed by atoms with Crippen LogP contribution in [0.25, 0.3) is 5.57 Å². The van der Waals surface area contributed by atoms with E-state index in [0.29, 0.717) is 17.2 Å². The zero-order valence-corrected chi connectivity index (χ0v) is 19.4. The lowest BCUT2D eigenvalue weighted by Crippen LogP contribution is -2.32. The summed E-state index contributed by atoms with van der Waals surface area (Å²) >= 11 is 0. The van der Waals surface area contributed by atoms with Crippen LogP contribution in [0, 0.1) is 6.92 Å². The zero-order valence-electron chi connectivity index (χ0n) is 19.4. The average Bonchev–Trinajstić information content (AvgIpc) is 3.04. The molecule has 1 N–H and O–H groups in total. The van der Waals surface area contributed by atoms with E-state index in [2.05, 4.69) is 19.2 Å². The van der Waals surface area contributed by atoms with Crippen molar-refractivity contribution in [3.63, 3.8) is 0 Å². The largest absolute Gasteiger partial charge is 0.497 e. The van der Waals surface area contributed by atoms with Gasteiger partial charge in [0.2, 0.25) is 0 Å². The Bertz CT molecular complexity index is 1190. The molecule has 5 nitrogen and oxygen atoms in total. The molecule has 4 rings (SSSR count). The van der Waals surface area contributed by atoms with Crippen LogP contribution in [0.2, 0.25) is 0 Å². The van der Waals surface area contributed by atoms with Crippen LogP contribution >= 0.6 is 0 Å². The quantitative estimate of drug-likeness (QED) is 0.492. The Hall–Kier alpha value is -3.86. The van der Waals surface area contributed by atoms with Crippen molar-refractivity contribution in [3.8, 4) is 5.75 Å². The second kappa shape index (κ2) is 9.33. The van der Waals surface area contributed by atoms with Crippen molar-refractivity contribution in [3.05, 3.63) is 101 Å². The molecule has 0 bridgehead atoms. The first-order valence-corrected chi connectivity index (χ1v) is 11.0. The lowest BCUT2D eigenvalue weighted by molar-refractivity contribution is -0.137. The highest BCUT2D eigenvalue weighted by Crippen LogP contribution is 2.32. The molecule has 3 aromatic rings. The molecular formula is C28H28N2O3. The van der Waals surface area contributed by atoms with E-state index >= 15 is 0 Å². The lowest BCUT2D eigenvalue weighted by atomic mass is 10.0. The number of nitrogens with zero attached hydrogens (tertiary/aromatic N) is 1. The average molecular weight is 441 g/mol. The molecule has 0 atom stereocenters. The van der Waals surface area contributed by atoms with Crippen LogP contribution < -0.4 is 10.1 Å². The van der Waals surface area contributed by atoms with Crippen LogP contribution in [0.5, 0.6) is 5.75 Å². The summed E-state index contributed by atoms with van der Waals surface area (Å²) < 4.78 is 5.21. The number of methoxy groups -OCH3 is 1. The van der Waals surface area contributed by atoms with Gasteiger partial charge in [-0.1, -0.05) is 67.9 Å². The number of carbonyl (C=O) groups is 2. The number of imide groups is 1. The Morgan fingerprint density at radius 1 is 0.848 bits per heavy atom. The van der Waals surface area contributed by atoms with Crippen molar-refractivity contribution >= 4 is 23.1 Å². The van der Waals surface area contributed by atoms with E-state index in [1.807, 2.05) is 79.7 Å². The normalized spacial score (nSPS) is 13.8. The van der Waals surface area contributed by atoms with Crippen molar-refractivity contribution in [1.82, 2.24) is 4.90 Å². The Morgan fingerprint density at radius 3 is 2.06 bits per heavy atom. The third-order valence-electron chi connectivity index (χ3n) is 5.85. The molecule has 0 fully saturated rings. The SMILES string of the molecule is COc1ccc(CN2C(=O)C(Nc3ccc(C(C)C)cc3)=C(c3ccc(C)cc3)C2=O)cc1. The van der Waals surface area contributed by atoms with Gasteiger partial charge in [-0.3, -0.25) is 14.5 Å². The molecule has 0 unspecified atom stereocenters. The minimum absolute atomic E-state index is 0.189. The van der Waals surface area contributed by atoms with Gasteiger partial charge in [0.15, 0.2) is 0 Å². The summed E-state index contributed by atoms with van der Waals surface area (Å²) in [7, 11) is 1.60. The van der Waals surface area contributed by atoms with Crippen LogP contribution in [0.1, 0.15) is 42.0 Å². The summed E-state index contributed by atoms with van der Waals surface area (Å²) in [5.74, 6) is 0.500. The molecule has 0 aromatic heterocycles. The number of ether oxygens (including phenoxy) is 1. The molecule has 33 heavy (non-hydrogen) atoms. The molecule has 1 aliphatic rings. The number of amides is 2. The topological polar surface area (TPSA) is 58.6 Å². The third kappa shape index (κ3) is 4.67. The standard InChI is InChI=1S/C28H28N2O3/c1-18(2)21-11-13-23(14-12-21)29-26-25(22-9-5-19(3)6-10-22)27(31)30(28(26)32)17-20-7-15-24(33-4)16-8-20/h5-16,18,29H,17H2,1-4H3. The van der Waals surface area contributed by atoms with Crippen molar-refractivity contribution in [1.29, 1.82) is 0 Å². The monoisotopic (exact) mass is 440 g/mol. The van der Waals surface area contributed by atoms with E-state index in [1.165, 1.54) is 10.5 Å². The van der Waals surface area contributed by atoms with Gasteiger partial charge in [-0.05, 0) is 53.8 Å². The van der Waals surface area contributed by atoms with Gasteiger partial charge in [0, 0.05) is 5.69 Å². The summed E-state index contributed by atoms with van der Waals surface area (Å²) in [6, 6.07) is 23.0. The van der Waals surface area contributed by atoms with Crippen LogP contribution in [-0.2, 0) is 16.1 Å². The minimum Gasteiger partial charge on any atom is -0.497 e. The molecule has 5 heteroatoms. The van der Waals surface area contributed by atoms with Gasteiger partial charge in [0.25, 0.3) is 11.8 Å². The Kier molecular flexibility index (Phi) is 6.31. The molecule has 0 spiro atoms. The zero-order chi connectivity index (χ0) is 23.5. The summed E-state index contributed by atoms with van der Waals surface area (Å²) in [5.41, 5.74) is 5.33. The number of hydrogen-bond acceptors (Lipinski definition) is 4. The van der Waals surface area contributed by atoms with Gasteiger partial charge in [0.05, 0.1) is 19.2 Å².